The highest BCUT2D eigenvalue weighted by molar-refractivity contribution is 6.29. The molecule has 1 aliphatic carbocycles. The highest BCUT2D eigenvalue weighted by atomic mass is 35.5. The average molecular weight is 407 g/mol. The largest absolute Gasteiger partial charge is 0.449 e. The molecule has 3 aromatic rings. The Morgan fingerprint density at radius 1 is 1.10 bits per heavy atom. The van der Waals surface area contributed by atoms with Crippen molar-refractivity contribution in [1.29, 1.82) is 0 Å². The zero-order chi connectivity index (χ0) is 20.2. The van der Waals surface area contributed by atoms with Gasteiger partial charge in [0.15, 0.2) is 11.0 Å². The van der Waals surface area contributed by atoms with Gasteiger partial charge in [-0.3, -0.25) is 0 Å². The van der Waals surface area contributed by atoms with Crippen molar-refractivity contribution in [2.75, 3.05) is 18.9 Å². The molecule has 0 spiro atoms. The summed E-state index contributed by atoms with van der Waals surface area (Å²) in [4.78, 5) is 12.1. The van der Waals surface area contributed by atoms with Crippen molar-refractivity contribution < 1.29 is 9.53 Å². The van der Waals surface area contributed by atoms with Crippen LogP contribution in [0.25, 0.3) is 17.2 Å². The van der Waals surface area contributed by atoms with E-state index in [1.807, 2.05) is 24.3 Å². The monoisotopic (exact) mass is 406 g/mol. The van der Waals surface area contributed by atoms with Crippen molar-refractivity contribution in [1.82, 2.24) is 15.5 Å². The Balaban J connectivity index is 1.34. The Bertz CT molecular complexity index is 1040. The first-order chi connectivity index (χ1) is 14.1. The number of anilines is 1. The molecule has 1 aliphatic rings. The Morgan fingerprint density at radius 2 is 1.76 bits per heavy atom. The molecular weight excluding hydrogens is 388 g/mol. The number of aromatic nitrogens is 2. The molecule has 29 heavy (non-hydrogen) atoms. The van der Waals surface area contributed by atoms with Crippen molar-refractivity contribution in [3.8, 4) is 11.1 Å². The summed E-state index contributed by atoms with van der Waals surface area (Å²) in [5, 5.41) is 10.3. The lowest BCUT2D eigenvalue weighted by Gasteiger charge is -2.14. The molecule has 6 nitrogen and oxygen atoms in total. The number of alkyl carbamates (subject to hydrolysis) is 1. The van der Waals surface area contributed by atoms with Crippen LogP contribution < -0.4 is 11.1 Å². The van der Waals surface area contributed by atoms with Gasteiger partial charge in [-0.1, -0.05) is 72.3 Å². The van der Waals surface area contributed by atoms with Gasteiger partial charge in [0.25, 0.3) is 0 Å². The smallest absolute Gasteiger partial charge is 0.407 e. The number of carbonyl (C=O) groups is 1. The van der Waals surface area contributed by atoms with Gasteiger partial charge in [0.05, 0.1) is 0 Å². The highest BCUT2D eigenvalue weighted by Gasteiger charge is 2.28. The first kappa shape index (κ1) is 19.0. The van der Waals surface area contributed by atoms with Gasteiger partial charge in [0.2, 0.25) is 0 Å². The van der Waals surface area contributed by atoms with E-state index in [0.29, 0.717) is 5.56 Å². The second-order valence-corrected chi connectivity index (χ2v) is 7.00. The van der Waals surface area contributed by atoms with Crippen molar-refractivity contribution >= 4 is 29.6 Å². The van der Waals surface area contributed by atoms with Crippen LogP contribution in [-0.4, -0.2) is 29.4 Å². The minimum absolute atomic E-state index is 0.0357. The van der Waals surface area contributed by atoms with Crippen LogP contribution >= 0.6 is 11.6 Å². The van der Waals surface area contributed by atoms with E-state index >= 15 is 0 Å². The van der Waals surface area contributed by atoms with Crippen LogP contribution in [0.4, 0.5) is 10.6 Å². The SMILES string of the molecule is Nc1nnc(Cl)cc1C=CCNC(=O)OCC1c2ccccc2-c2ccccc21. The topological polar surface area (TPSA) is 90.1 Å². The minimum atomic E-state index is -0.477. The molecule has 0 fully saturated rings. The zero-order valence-electron chi connectivity index (χ0n) is 15.5. The van der Waals surface area contributed by atoms with Gasteiger partial charge in [-0.15, -0.1) is 10.2 Å². The lowest BCUT2D eigenvalue weighted by atomic mass is 9.98. The number of nitrogens with one attached hydrogen (secondary N) is 1. The molecule has 1 aromatic heterocycles. The average Bonchev–Trinajstić information content (AvgIpc) is 3.06. The number of benzene rings is 2. The van der Waals surface area contributed by atoms with Crippen LogP contribution in [0, 0.1) is 0 Å². The number of carbonyl (C=O) groups excluding carboxylic acids is 1. The third-order valence-corrected chi connectivity index (χ3v) is 5.01. The molecule has 146 valence electrons. The number of nitrogens with zero attached hydrogens (tertiary/aromatic N) is 2. The third-order valence-electron chi connectivity index (χ3n) is 4.83. The summed E-state index contributed by atoms with van der Waals surface area (Å²) < 4.78 is 5.48. The zero-order valence-corrected chi connectivity index (χ0v) is 16.3. The lowest BCUT2D eigenvalue weighted by molar-refractivity contribution is 0.144. The van der Waals surface area contributed by atoms with E-state index in [9.17, 15) is 4.79 Å². The fraction of sp³-hybridized carbons (Fsp3) is 0.136. The summed E-state index contributed by atoms with van der Waals surface area (Å²) in [6.45, 7) is 0.566. The Morgan fingerprint density at radius 3 is 2.45 bits per heavy atom. The summed E-state index contributed by atoms with van der Waals surface area (Å²) in [6, 6.07) is 18.0. The maximum absolute atomic E-state index is 12.1. The van der Waals surface area contributed by atoms with E-state index in [-0.39, 0.29) is 30.0 Å². The van der Waals surface area contributed by atoms with Gasteiger partial charge in [-0.2, -0.15) is 0 Å². The minimum Gasteiger partial charge on any atom is -0.449 e. The van der Waals surface area contributed by atoms with Gasteiger partial charge in [-0.25, -0.2) is 4.79 Å². The molecule has 0 atom stereocenters. The molecule has 4 rings (SSSR count). The number of amides is 1. The fourth-order valence-corrected chi connectivity index (χ4v) is 3.66. The Labute approximate surface area is 173 Å². The van der Waals surface area contributed by atoms with Crippen molar-refractivity contribution in [2.45, 2.75) is 5.92 Å². The molecule has 3 N–H and O–H groups in total. The normalized spacial score (nSPS) is 12.6. The predicted octanol–water partition coefficient (Wildman–Crippen LogP) is 4.26. The number of halogens is 1. The standard InChI is InChI=1S/C22H19ClN4O2/c23-20-12-14(21(24)27-26-20)6-5-11-25-22(28)29-13-19-17-9-3-1-7-15(17)16-8-2-4-10-18(16)19/h1-10,12,19H,11,13H2,(H2,24,27)(H,25,28). The number of hydrogen-bond acceptors (Lipinski definition) is 5. The van der Waals surface area contributed by atoms with E-state index in [1.165, 1.54) is 22.3 Å². The van der Waals surface area contributed by atoms with Crippen LogP contribution in [0.1, 0.15) is 22.6 Å². The van der Waals surface area contributed by atoms with E-state index < -0.39 is 6.09 Å². The maximum atomic E-state index is 12.1. The van der Waals surface area contributed by atoms with Crippen molar-refractivity contribution in [3.63, 3.8) is 0 Å². The quantitative estimate of drug-likeness (QED) is 0.660. The van der Waals surface area contributed by atoms with Crippen molar-refractivity contribution in [2.24, 2.45) is 0 Å². The molecule has 7 heteroatoms. The molecule has 0 bridgehead atoms. The molecule has 0 saturated carbocycles. The van der Waals surface area contributed by atoms with E-state index in [2.05, 4.69) is 39.8 Å². The van der Waals surface area contributed by atoms with E-state index in [4.69, 9.17) is 22.1 Å². The number of nitrogens with two attached hydrogens (primary N) is 1. The summed E-state index contributed by atoms with van der Waals surface area (Å²) in [6.07, 6.45) is 2.99. The third kappa shape index (κ3) is 4.07. The molecular formula is C22H19ClN4O2. The Hall–Kier alpha value is -3.38. The summed E-state index contributed by atoms with van der Waals surface area (Å²) in [7, 11) is 0. The molecule has 0 unspecified atom stereocenters. The summed E-state index contributed by atoms with van der Waals surface area (Å²) >= 11 is 5.80. The molecule has 1 amide bonds. The second kappa shape index (κ2) is 8.32. The molecule has 1 heterocycles. The van der Waals surface area contributed by atoms with Crippen LogP contribution in [0.2, 0.25) is 5.15 Å². The van der Waals surface area contributed by atoms with E-state index in [0.717, 1.165) is 0 Å². The highest BCUT2D eigenvalue weighted by Crippen LogP contribution is 2.44. The van der Waals surface area contributed by atoms with Crippen LogP contribution in [0.5, 0.6) is 0 Å². The number of nitrogen functional groups attached to an aromatic ring is 1. The van der Waals surface area contributed by atoms with Gasteiger partial charge in [-0.05, 0) is 28.3 Å². The number of ether oxygens (including phenoxy) is 1. The molecule has 0 radical (unpaired) electrons. The van der Waals surface area contributed by atoms with Gasteiger partial charge in [0.1, 0.15) is 6.61 Å². The van der Waals surface area contributed by atoms with Gasteiger partial charge in [0, 0.05) is 18.0 Å². The first-order valence-electron chi connectivity index (χ1n) is 9.17. The predicted molar refractivity (Wildman–Crippen MR) is 114 cm³/mol. The Kier molecular flexibility index (Phi) is 5.44. The molecule has 0 saturated heterocycles. The van der Waals surface area contributed by atoms with Crippen LogP contribution in [-0.2, 0) is 4.74 Å². The fourth-order valence-electron chi connectivity index (χ4n) is 3.50. The van der Waals surface area contributed by atoms with Crippen LogP contribution in [0.15, 0.2) is 60.7 Å². The van der Waals surface area contributed by atoms with Crippen molar-refractivity contribution in [3.05, 3.63) is 82.5 Å². The van der Waals surface area contributed by atoms with E-state index in [1.54, 1.807) is 18.2 Å². The summed E-state index contributed by atoms with van der Waals surface area (Å²) in [5.41, 5.74) is 11.1. The molecule has 0 aliphatic heterocycles. The first-order valence-corrected chi connectivity index (χ1v) is 9.55. The lowest BCUT2D eigenvalue weighted by Crippen LogP contribution is -2.26. The number of fused-ring (bicyclic) bond motifs is 3. The summed E-state index contributed by atoms with van der Waals surface area (Å²) in [5.74, 6) is 0.306. The second-order valence-electron chi connectivity index (χ2n) is 6.62. The van der Waals surface area contributed by atoms with Gasteiger partial charge < -0.3 is 15.8 Å². The maximum Gasteiger partial charge on any atom is 0.407 e. The van der Waals surface area contributed by atoms with Gasteiger partial charge >= 0.3 is 6.09 Å². The number of rotatable bonds is 5. The molecule has 2 aromatic carbocycles. The van der Waals surface area contributed by atoms with Crippen LogP contribution in [0.3, 0.4) is 0 Å². The number of hydrogen-bond donors (Lipinski definition) is 2.